The Labute approximate surface area is 510 Å². The van der Waals surface area contributed by atoms with Gasteiger partial charge in [0.05, 0.1) is 25.4 Å². The molecule has 1 heterocycles. The standard InChI is InChI=1S/C72H133NO10/c1-4-7-10-13-16-19-22-24-26-28-30-31-32-33-34-35-36-38-40-42-45-48-51-54-57-60-67(77)83-70-69(79)68(78)66(61-74)82-72(70)81-62-63(64(75)58-55-52-49-46-43-21-18-15-12-9-6-3)73-71(80)65(76)59-56-53-50-47-44-41-39-37-29-27-25-23-20-17-14-11-8-5-2/h16,19,24,26,30-31,55,58,63-66,68-70,72,74-76,78-79H,4-15,17-18,20-23,25,27-29,32-54,56-57,59-62H2,1-3H3,(H,73,80)/b19-16-,26-24-,31-30-,58-55+. The molecule has 83 heavy (non-hydrogen) atoms. The molecule has 1 fully saturated rings. The lowest BCUT2D eigenvalue weighted by atomic mass is 9.99. The zero-order valence-corrected chi connectivity index (χ0v) is 54.1. The van der Waals surface area contributed by atoms with Crippen molar-refractivity contribution in [2.75, 3.05) is 13.2 Å². The maximum atomic E-state index is 13.5. The number of amides is 1. The Bertz CT molecular complexity index is 1540. The number of allylic oxidation sites excluding steroid dienone is 7. The molecule has 1 aliphatic rings. The molecule has 486 valence electrons. The van der Waals surface area contributed by atoms with Crippen LogP contribution in [0.1, 0.15) is 335 Å². The molecule has 0 aromatic carbocycles. The van der Waals surface area contributed by atoms with Crippen molar-refractivity contribution in [3.8, 4) is 0 Å². The largest absolute Gasteiger partial charge is 0.454 e. The Balaban J connectivity index is 2.54. The van der Waals surface area contributed by atoms with Gasteiger partial charge in [-0.15, -0.1) is 0 Å². The summed E-state index contributed by atoms with van der Waals surface area (Å²) in [6, 6.07) is -1.02. The van der Waals surface area contributed by atoms with Crippen LogP contribution in [-0.2, 0) is 23.8 Å². The molecule has 1 rings (SSSR count). The first-order chi connectivity index (χ1) is 40.7. The molecule has 8 atom stereocenters. The predicted molar refractivity (Wildman–Crippen MR) is 347 cm³/mol. The zero-order chi connectivity index (χ0) is 60.3. The number of hydrogen-bond acceptors (Lipinski definition) is 10. The molecule has 0 saturated carbocycles. The fraction of sp³-hybridized carbons (Fsp3) is 0.861. The molecule has 11 nitrogen and oxygen atoms in total. The second-order valence-electron chi connectivity index (χ2n) is 24.6. The minimum atomic E-state index is -1.61. The van der Waals surface area contributed by atoms with Crippen molar-refractivity contribution >= 4 is 11.9 Å². The van der Waals surface area contributed by atoms with Crippen molar-refractivity contribution in [1.82, 2.24) is 5.32 Å². The van der Waals surface area contributed by atoms with E-state index in [1.165, 1.54) is 218 Å². The van der Waals surface area contributed by atoms with E-state index in [0.29, 0.717) is 19.3 Å². The molecule has 0 aromatic heterocycles. The van der Waals surface area contributed by atoms with Gasteiger partial charge in [0, 0.05) is 6.42 Å². The summed E-state index contributed by atoms with van der Waals surface area (Å²) in [6.07, 6.45) is 64.4. The van der Waals surface area contributed by atoms with E-state index in [1.54, 1.807) is 6.08 Å². The Morgan fingerprint density at radius 2 is 0.831 bits per heavy atom. The first-order valence-electron chi connectivity index (χ1n) is 35.4. The van der Waals surface area contributed by atoms with Gasteiger partial charge >= 0.3 is 5.97 Å². The van der Waals surface area contributed by atoms with Gasteiger partial charge in [-0.1, -0.05) is 313 Å². The minimum Gasteiger partial charge on any atom is -0.454 e. The van der Waals surface area contributed by atoms with Crippen molar-refractivity contribution in [2.24, 2.45) is 0 Å². The third-order valence-corrected chi connectivity index (χ3v) is 16.7. The van der Waals surface area contributed by atoms with Gasteiger partial charge in [-0.25, -0.2) is 0 Å². The van der Waals surface area contributed by atoms with E-state index in [0.717, 1.165) is 70.6 Å². The highest BCUT2D eigenvalue weighted by Crippen LogP contribution is 2.26. The van der Waals surface area contributed by atoms with Gasteiger partial charge in [0.2, 0.25) is 5.91 Å². The first kappa shape index (κ1) is 78.6. The third kappa shape index (κ3) is 47.4. The van der Waals surface area contributed by atoms with E-state index in [9.17, 15) is 35.1 Å². The normalized spacial score (nSPS) is 18.8. The summed E-state index contributed by atoms with van der Waals surface area (Å²) < 4.78 is 17.7. The quantitative estimate of drug-likeness (QED) is 0.0195. The summed E-state index contributed by atoms with van der Waals surface area (Å²) in [5.74, 6) is -1.18. The molecule has 0 aliphatic carbocycles. The number of rotatable bonds is 61. The van der Waals surface area contributed by atoms with Crippen molar-refractivity contribution in [3.05, 3.63) is 48.6 Å². The van der Waals surface area contributed by atoms with E-state index in [-0.39, 0.29) is 13.0 Å². The van der Waals surface area contributed by atoms with Crippen LogP contribution in [0.3, 0.4) is 0 Å². The van der Waals surface area contributed by atoms with Crippen LogP contribution in [0.4, 0.5) is 0 Å². The summed E-state index contributed by atoms with van der Waals surface area (Å²) >= 11 is 0. The molecule has 1 saturated heterocycles. The van der Waals surface area contributed by atoms with Gasteiger partial charge in [-0.05, 0) is 64.2 Å². The molecule has 0 bridgehead atoms. The van der Waals surface area contributed by atoms with Crippen LogP contribution < -0.4 is 5.32 Å². The summed E-state index contributed by atoms with van der Waals surface area (Å²) in [6.45, 7) is 5.80. The number of ether oxygens (including phenoxy) is 3. The fourth-order valence-corrected chi connectivity index (χ4v) is 11.1. The van der Waals surface area contributed by atoms with Crippen molar-refractivity contribution in [1.29, 1.82) is 0 Å². The molecule has 6 N–H and O–H groups in total. The van der Waals surface area contributed by atoms with E-state index in [4.69, 9.17) is 14.2 Å². The van der Waals surface area contributed by atoms with Gasteiger partial charge < -0.3 is 45.1 Å². The van der Waals surface area contributed by atoms with Crippen molar-refractivity contribution in [3.63, 3.8) is 0 Å². The highest BCUT2D eigenvalue weighted by Gasteiger charge is 2.47. The van der Waals surface area contributed by atoms with Crippen LogP contribution in [0.15, 0.2) is 48.6 Å². The molecular weight excluding hydrogens is 1040 g/mol. The maximum Gasteiger partial charge on any atom is 0.306 e. The maximum absolute atomic E-state index is 13.5. The number of aliphatic hydroxyl groups excluding tert-OH is 5. The summed E-state index contributed by atoms with van der Waals surface area (Å²) in [7, 11) is 0. The molecule has 1 amide bonds. The van der Waals surface area contributed by atoms with Crippen LogP contribution in [0.2, 0.25) is 0 Å². The van der Waals surface area contributed by atoms with Crippen LogP contribution >= 0.6 is 0 Å². The topological polar surface area (TPSA) is 175 Å². The zero-order valence-electron chi connectivity index (χ0n) is 54.1. The van der Waals surface area contributed by atoms with E-state index in [2.05, 4.69) is 62.5 Å². The average molecular weight is 1170 g/mol. The number of unbranched alkanes of at least 4 members (excludes halogenated alkanes) is 41. The fourth-order valence-electron chi connectivity index (χ4n) is 11.1. The lowest BCUT2D eigenvalue weighted by molar-refractivity contribution is -0.305. The van der Waals surface area contributed by atoms with Gasteiger partial charge in [0.15, 0.2) is 12.4 Å². The molecule has 0 spiro atoms. The molecule has 0 radical (unpaired) electrons. The second kappa shape index (κ2) is 59.9. The number of carbonyl (C=O) groups excluding carboxylic acids is 2. The predicted octanol–water partition coefficient (Wildman–Crippen LogP) is 18.0. The second-order valence-corrected chi connectivity index (χ2v) is 24.6. The number of carbonyl (C=O) groups is 2. The van der Waals surface area contributed by atoms with E-state index in [1.807, 2.05) is 6.08 Å². The Morgan fingerprint density at radius 1 is 0.470 bits per heavy atom. The lowest BCUT2D eigenvalue weighted by Crippen LogP contribution is -2.61. The minimum absolute atomic E-state index is 0.123. The summed E-state index contributed by atoms with van der Waals surface area (Å²) in [4.78, 5) is 26.6. The van der Waals surface area contributed by atoms with Crippen LogP contribution in [-0.4, -0.2) is 99.6 Å². The monoisotopic (exact) mass is 1170 g/mol. The summed E-state index contributed by atoms with van der Waals surface area (Å²) in [5, 5.41) is 57.2. The highest BCUT2D eigenvalue weighted by molar-refractivity contribution is 5.80. The van der Waals surface area contributed by atoms with Crippen molar-refractivity contribution < 1.29 is 49.3 Å². The van der Waals surface area contributed by atoms with Crippen LogP contribution in [0.25, 0.3) is 0 Å². The number of nitrogens with one attached hydrogen (secondary N) is 1. The average Bonchev–Trinajstić information content (AvgIpc) is 3.67. The number of hydrogen-bond donors (Lipinski definition) is 6. The lowest BCUT2D eigenvalue weighted by Gasteiger charge is -2.41. The van der Waals surface area contributed by atoms with Crippen molar-refractivity contribution in [2.45, 2.75) is 384 Å². The Morgan fingerprint density at radius 3 is 1.27 bits per heavy atom. The highest BCUT2D eigenvalue weighted by atomic mass is 16.7. The van der Waals surface area contributed by atoms with Gasteiger partial charge in [-0.3, -0.25) is 9.59 Å². The Hall–Kier alpha value is -2.38. The molecule has 1 aliphatic heterocycles. The van der Waals surface area contributed by atoms with Gasteiger partial charge in [-0.2, -0.15) is 0 Å². The van der Waals surface area contributed by atoms with E-state index >= 15 is 0 Å². The van der Waals surface area contributed by atoms with Crippen LogP contribution in [0, 0.1) is 0 Å². The summed E-state index contributed by atoms with van der Waals surface area (Å²) in [5.41, 5.74) is 0. The molecule has 11 heteroatoms. The van der Waals surface area contributed by atoms with Crippen LogP contribution in [0.5, 0.6) is 0 Å². The third-order valence-electron chi connectivity index (χ3n) is 16.7. The first-order valence-corrected chi connectivity index (χ1v) is 35.4. The van der Waals surface area contributed by atoms with Gasteiger partial charge in [0.1, 0.15) is 24.4 Å². The molecular formula is C72H133NO10. The number of esters is 1. The van der Waals surface area contributed by atoms with E-state index < -0.39 is 67.4 Å². The number of aliphatic hydroxyl groups is 5. The Kier molecular flexibility index (Phi) is 56.8. The molecule has 8 unspecified atom stereocenters. The smallest absolute Gasteiger partial charge is 0.306 e. The SMILES string of the molecule is CCCCC/C=C\C/C=C\C/C=C\CCCCCCCCCCCCCCC(=O)OC1C(OCC(NC(=O)C(O)CCCCCCCCCCCCCCCCCCCC)C(O)/C=C/CCCCCCCCCCC)OC(CO)C(O)C1O. The molecule has 0 aromatic rings. The van der Waals surface area contributed by atoms with Gasteiger partial charge in [0.25, 0.3) is 0 Å².